The quantitative estimate of drug-likeness (QED) is 0.625. The van der Waals surface area contributed by atoms with Crippen LogP contribution in [0.4, 0.5) is 0 Å². The maximum Gasteiger partial charge on any atom is 0.153 e. The fourth-order valence-electron chi connectivity index (χ4n) is 0.642. The minimum atomic E-state index is -0.753. The highest BCUT2D eigenvalue weighted by atomic mass is 16.1. The molecule has 0 bridgehead atoms. The van der Waals surface area contributed by atoms with Crippen molar-refractivity contribution in [2.75, 3.05) is 0 Å². The Balaban J connectivity index is 4.11. The van der Waals surface area contributed by atoms with Crippen molar-refractivity contribution in [3.05, 3.63) is 0 Å². The molecule has 0 unspecified atom stereocenters. The largest absolute Gasteiger partial charge is 0.325 e. The molecule has 0 fully saturated rings. The molecule has 0 heterocycles. The smallest absolute Gasteiger partial charge is 0.153 e. The third-order valence-electron chi connectivity index (χ3n) is 1.33. The number of carbonyl (C=O) groups excluding carboxylic acids is 1. The van der Waals surface area contributed by atoms with E-state index in [1.54, 1.807) is 13.8 Å². The second kappa shape index (κ2) is 2.91. The van der Waals surface area contributed by atoms with Gasteiger partial charge < -0.3 is 11.5 Å². The first-order chi connectivity index (χ1) is 4.63. The van der Waals surface area contributed by atoms with Crippen molar-refractivity contribution in [3.8, 4) is 0 Å². The van der Waals surface area contributed by atoms with E-state index in [0.29, 0.717) is 6.42 Å². The van der Waals surface area contributed by atoms with E-state index in [1.807, 2.05) is 13.8 Å². The summed E-state index contributed by atoms with van der Waals surface area (Å²) >= 11 is 0. The summed E-state index contributed by atoms with van der Waals surface area (Å²) in [4.78, 5) is 11.3. The van der Waals surface area contributed by atoms with Crippen molar-refractivity contribution in [1.29, 1.82) is 0 Å². The number of Topliss-reactive ketones (excluding diaryl/α,β-unsaturated/α-hetero) is 1. The Kier molecular flexibility index (Phi) is 2.80. The van der Waals surface area contributed by atoms with E-state index in [2.05, 4.69) is 0 Å². The van der Waals surface area contributed by atoms with Crippen molar-refractivity contribution < 1.29 is 4.79 Å². The zero-order valence-corrected chi connectivity index (χ0v) is 7.77. The molecule has 3 heteroatoms. The molecule has 0 aromatic rings. The SMILES string of the molecule is CC(C)(N)CC(=O)C(C)(C)N. The van der Waals surface area contributed by atoms with Gasteiger partial charge in [0.15, 0.2) is 5.78 Å². The van der Waals surface area contributed by atoms with E-state index in [-0.39, 0.29) is 5.78 Å². The van der Waals surface area contributed by atoms with Gasteiger partial charge in [0.1, 0.15) is 0 Å². The number of hydrogen-bond acceptors (Lipinski definition) is 3. The third kappa shape index (κ3) is 4.93. The molecule has 66 valence electrons. The normalized spacial score (nSPS) is 13.3. The maximum atomic E-state index is 11.3. The van der Waals surface area contributed by atoms with Gasteiger partial charge >= 0.3 is 0 Å². The molecule has 0 spiro atoms. The number of hydrogen-bond donors (Lipinski definition) is 2. The molecule has 0 aliphatic heterocycles. The zero-order chi connectivity index (χ0) is 9.28. The highest BCUT2D eigenvalue weighted by Gasteiger charge is 2.26. The van der Waals surface area contributed by atoms with Crippen LogP contribution in [0.25, 0.3) is 0 Å². The summed E-state index contributed by atoms with van der Waals surface area (Å²) in [5.74, 6) is 0.00463. The minimum absolute atomic E-state index is 0.00463. The van der Waals surface area contributed by atoms with E-state index in [0.717, 1.165) is 0 Å². The molecule has 0 amide bonds. The monoisotopic (exact) mass is 158 g/mol. The van der Waals surface area contributed by atoms with E-state index < -0.39 is 11.1 Å². The molecular weight excluding hydrogens is 140 g/mol. The van der Waals surface area contributed by atoms with Crippen LogP contribution < -0.4 is 11.5 Å². The predicted molar refractivity (Wildman–Crippen MR) is 46.2 cm³/mol. The molecular formula is C8H18N2O. The fraction of sp³-hybridized carbons (Fsp3) is 0.875. The van der Waals surface area contributed by atoms with Crippen LogP contribution in [0.15, 0.2) is 0 Å². The Morgan fingerprint density at radius 3 is 1.64 bits per heavy atom. The van der Waals surface area contributed by atoms with E-state index in [4.69, 9.17) is 11.5 Å². The molecule has 0 aromatic carbocycles. The molecule has 0 radical (unpaired) electrons. The molecule has 3 nitrogen and oxygen atoms in total. The highest BCUT2D eigenvalue weighted by molar-refractivity contribution is 5.88. The van der Waals surface area contributed by atoms with Crippen molar-refractivity contribution in [3.63, 3.8) is 0 Å². The molecule has 0 saturated carbocycles. The van der Waals surface area contributed by atoms with Crippen molar-refractivity contribution in [2.45, 2.75) is 45.2 Å². The van der Waals surface area contributed by atoms with Crippen molar-refractivity contribution in [2.24, 2.45) is 11.5 Å². The Bertz CT molecular complexity index is 150. The summed E-state index contributed by atoms with van der Waals surface area (Å²) in [6.45, 7) is 7.02. The Morgan fingerprint density at radius 1 is 1.18 bits per heavy atom. The second-order valence-corrected chi connectivity index (χ2v) is 4.31. The van der Waals surface area contributed by atoms with Crippen LogP contribution >= 0.6 is 0 Å². The molecule has 0 atom stereocenters. The van der Waals surface area contributed by atoms with Crippen LogP contribution in [0.5, 0.6) is 0 Å². The van der Waals surface area contributed by atoms with E-state index >= 15 is 0 Å². The number of carbonyl (C=O) groups is 1. The summed E-state index contributed by atoms with van der Waals surface area (Å²) < 4.78 is 0. The van der Waals surface area contributed by atoms with Crippen molar-refractivity contribution >= 4 is 5.78 Å². The molecule has 11 heavy (non-hydrogen) atoms. The van der Waals surface area contributed by atoms with Crippen LogP contribution in [0, 0.1) is 0 Å². The standard InChI is InChI=1S/C8H18N2O/c1-7(2,9)5-6(11)8(3,4)10/h5,9-10H2,1-4H3. The third-order valence-corrected chi connectivity index (χ3v) is 1.33. The van der Waals surface area contributed by atoms with Crippen LogP contribution in [0.1, 0.15) is 34.1 Å². The van der Waals surface area contributed by atoms with Crippen molar-refractivity contribution in [1.82, 2.24) is 0 Å². The first kappa shape index (κ1) is 10.6. The van der Waals surface area contributed by atoms with E-state index in [9.17, 15) is 4.79 Å². The van der Waals surface area contributed by atoms with Crippen LogP contribution in [0.2, 0.25) is 0 Å². The second-order valence-electron chi connectivity index (χ2n) is 4.31. The fourth-order valence-corrected chi connectivity index (χ4v) is 0.642. The number of nitrogens with two attached hydrogens (primary N) is 2. The highest BCUT2D eigenvalue weighted by Crippen LogP contribution is 2.10. The number of rotatable bonds is 3. The Morgan fingerprint density at radius 2 is 1.55 bits per heavy atom. The summed E-state index contributed by atoms with van der Waals surface area (Å²) in [5, 5.41) is 0. The van der Waals surface area contributed by atoms with Gasteiger partial charge in [0.05, 0.1) is 5.54 Å². The Labute approximate surface area is 68.1 Å². The lowest BCUT2D eigenvalue weighted by Crippen LogP contribution is -2.47. The van der Waals surface area contributed by atoms with Crippen LogP contribution in [-0.2, 0) is 4.79 Å². The summed E-state index contributed by atoms with van der Waals surface area (Å²) in [6, 6.07) is 0. The maximum absolute atomic E-state index is 11.3. The predicted octanol–water partition coefficient (Wildman–Crippen LogP) is 0.420. The van der Waals surface area contributed by atoms with Gasteiger partial charge in [0.25, 0.3) is 0 Å². The topological polar surface area (TPSA) is 69.1 Å². The van der Waals surface area contributed by atoms with Gasteiger partial charge in [-0.05, 0) is 27.7 Å². The number of ketones is 1. The Hall–Kier alpha value is -0.410. The van der Waals surface area contributed by atoms with E-state index in [1.165, 1.54) is 0 Å². The lowest BCUT2D eigenvalue weighted by atomic mass is 9.89. The molecule has 0 aliphatic carbocycles. The lowest BCUT2D eigenvalue weighted by Gasteiger charge is -2.23. The first-order valence-electron chi connectivity index (χ1n) is 3.74. The van der Waals surface area contributed by atoms with Crippen LogP contribution in [0.3, 0.4) is 0 Å². The van der Waals surface area contributed by atoms with Gasteiger partial charge in [-0.1, -0.05) is 0 Å². The minimum Gasteiger partial charge on any atom is -0.325 e. The average Bonchev–Trinajstić information content (AvgIpc) is 1.56. The van der Waals surface area contributed by atoms with Gasteiger partial charge in [-0.3, -0.25) is 4.79 Å². The molecule has 0 saturated heterocycles. The lowest BCUT2D eigenvalue weighted by molar-refractivity contribution is -0.124. The first-order valence-corrected chi connectivity index (χ1v) is 3.74. The molecule has 4 N–H and O–H groups in total. The van der Waals surface area contributed by atoms with Crippen LogP contribution in [-0.4, -0.2) is 16.9 Å². The van der Waals surface area contributed by atoms with Gasteiger partial charge in [-0.2, -0.15) is 0 Å². The van der Waals surface area contributed by atoms with Gasteiger partial charge in [0, 0.05) is 12.0 Å². The van der Waals surface area contributed by atoms with Gasteiger partial charge in [0.2, 0.25) is 0 Å². The summed E-state index contributed by atoms with van der Waals surface area (Å²) in [7, 11) is 0. The van der Waals surface area contributed by atoms with Gasteiger partial charge in [-0.15, -0.1) is 0 Å². The molecule has 0 rings (SSSR count). The summed E-state index contributed by atoms with van der Waals surface area (Å²) in [5.41, 5.74) is 10.0. The molecule has 0 aromatic heterocycles. The zero-order valence-electron chi connectivity index (χ0n) is 7.77. The summed E-state index contributed by atoms with van der Waals surface area (Å²) in [6.07, 6.45) is 0.330. The average molecular weight is 158 g/mol. The van der Waals surface area contributed by atoms with Gasteiger partial charge in [-0.25, -0.2) is 0 Å². The molecule has 0 aliphatic rings.